The molecule has 0 bridgehead atoms. The van der Waals surface area contributed by atoms with Crippen molar-refractivity contribution in [3.05, 3.63) is 29.8 Å². The summed E-state index contributed by atoms with van der Waals surface area (Å²) in [5.41, 5.74) is 0.629. The standard InChI is InChI=1S/C14H20ClNOS/c1-14(2,10-15)13(17)16(3)9-11-5-7-12(18-4)8-6-11/h5-8H,9-10H2,1-4H3. The van der Waals surface area contributed by atoms with Gasteiger partial charge in [-0.15, -0.1) is 23.4 Å². The topological polar surface area (TPSA) is 20.3 Å². The summed E-state index contributed by atoms with van der Waals surface area (Å²) in [4.78, 5) is 15.1. The van der Waals surface area contributed by atoms with Crippen molar-refractivity contribution in [1.29, 1.82) is 0 Å². The number of hydrogen-bond acceptors (Lipinski definition) is 2. The first-order chi connectivity index (χ1) is 8.40. The van der Waals surface area contributed by atoms with Gasteiger partial charge in [0.25, 0.3) is 0 Å². The number of rotatable bonds is 5. The second kappa shape index (κ2) is 6.48. The highest BCUT2D eigenvalue weighted by atomic mass is 35.5. The lowest BCUT2D eigenvalue weighted by molar-refractivity contribution is -0.138. The van der Waals surface area contributed by atoms with Gasteiger partial charge in [0.1, 0.15) is 0 Å². The number of alkyl halides is 1. The molecule has 4 heteroatoms. The van der Waals surface area contributed by atoms with E-state index >= 15 is 0 Å². The fourth-order valence-electron chi connectivity index (χ4n) is 1.65. The summed E-state index contributed by atoms with van der Waals surface area (Å²) in [7, 11) is 1.82. The van der Waals surface area contributed by atoms with E-state index in [1.165, 1.54) is 4.90 Å². The summed E-state index contributed by atoms with van der Waals surface area (Å²) in [5.74, 6) is 0.410. The molecule has 0 aliphatic heterocycles. The van der Waals surface area contributed by atoms with E-state index in [-0.39, 0.29) is 5.91 Å². The normalized spacial score (nSPS) is 11.4. The monoisotopic (exact) mass is 285 g/mol. The summed E-state index contributed by atoms with van der Waals surface area (Å²) in [6.45, 7) is 4.36. The lowest BCUT2D eigenvalue weighted by Gasteiger charge is -2.27. The van der Waals surface area contributed by atoms with Crippen molar-refractivity contribution in [2.75, 3.05) is 19.2 Å². The largest absolute Gasteiger partial charge is 0.341 e. The first kappa shape index (κ1) is 15.4. The highest BCUT2D eigenvalue weighted by molar-refractivity contribution is 7.98. The Kier molecular flexibility index (Phi) is 5.54. The highest BCUT2D eigenvalue weighted by Gasteiger charge is 2.29. The molecule has 0 saturated heterocycles. The highest BCUT2D eigenvalue weighted by Crippen LogP contribution is 2.21. The third-order valence-electron chi connectivity index (χ3n) is 2.84. The van der Waals surface area contributed by atoms with Crippen LogP contribution < -0.4 is 0 Å². The van der Waals surface area contributed by atoms with E-state index in [1.807, 2.05) is 27.2 Å². The van der Waals surface area contributed by atoms with Gasteiger partial charge < -0.3 is 4.90 Å². The molecule has 0 N–H and O–H groups in total. The van der Waals surface area contributed by atoms with Crippen LogP contribution in [0.1, 0.15) is 19.4 Å². The molecule has 2 nitrogen and oxygen atoms in total. The number of hydrogen-bond donors (Lipinski definition) is 0. The Bertz CT molecular complexity index is 403. The van der Waals surface area contributed by atoms with Crippen molar-refractivity contribution in [2.45, 2.75) is 25.3 Å². The lowest BCUT2D eigenvalue weighted by Crippen LogP contribution is -2.39. The van der Waals surface area contributed by atoms with Crippen molar-refractivity contribution in [1.82, 2.24) is 4.90 Å². The van der Waals surface area contributed by atoms with E-state index in [0.29, 0.717) is 12.4 Å². The number of nitrogens with zero attached hydrogens (tertiary/aromatic N) is 1. The van der Waals surface area contributed by atoms with Crippen molar-refractivity contribution in [2.24, 2.45) is 5.41 Å². The van der Waals surface area contributed by atoms with Gasteiger partial charge in [-0.1, -0.05) is 12.1 Å². The van der Waals surface area contributed by atoms with Crippen LogP contribution in [0.5, 0.6) is 0 Å². The molecule has 0 saturated carbocycles. The molecule has 0 spiro atoms. The van der Waals surface area contributed by atoms with Crippen LogP contribution in [0.3, 0.4) is 0 Å². The molecule has 18 heavy (non-hydrogen) atoms. The second-order valence-electron chi connectivity index (χ2n) is 5.03. The molecule has 0 aliphatic rings. The molecule has 1 aromatic carbocycles. The molecule has 100 valence electrons. The Labute approximate surface area is 119 Å². The minimum absolute atomic E-state index is 0.0754. The number of carbonyl (C=O) groups is 1. The molecule has 1 rings (SSSR count). The quantitative estimate of drug-likeness (QED) is 0.608. The Balaban J connectivity index is 2.69. The number of benzene rings is 1. The summed E-state index contributed by atoms with van der Waals surface area (Å²) in [5, 5.41) is 0. The number of carbonyl (C=O) groups excluding carboxylic acids is 1. The smallest absolute Gasteiger partial charge is 0.229 e. The number of halogens is 1. The Morgan fingerprint density at radius 3 is 2.33 bits per heavy atom. The molecular formula is C14H20ClNOS. The minimum Gasteiger partial charge on any atom is -0.341 e. The summed E-state index contributed by atoms with van der Waals surface area (Å²) in [6, 6.07) is 8.27. The van der Waals surface area contributed by atoms with E-state index in [0.717, 1.165) is 5.56 Å². The van der Waals surface area contributed by atoms with Gasteiger partial charge in [-0.2, -0.15) is 0 Å². The van der Waals surface area contributed by atoms with Gasteiger partial charge >= 0.3 is 0 Å². The Hall–Kier alpha value is -0.670. The predicted molar refractivity (Wildman–Crippen MR) is 79.2 cm³/mol. The fourth-order valence-corrected chi connectivity index (χ4v) is 2.17. The summed E-state index contributed by atoms with van der Waals surface area (Å²) >= 11 is 7.54. The van der Waals surface area contributed by atoms with Crippen LogP contribution in [0.2, 0.25) is 0 Å². The van der Waals surface area contributed by atoms with Gasteiger partial charge in [-0.25, -0.2) is 0 Å². The maximum absolute atomic E-state index is 12.2. The van der Waals surface area contributed by atoms with Gasteiger partial charge in [-0.3, -0.25) is 4.79 Å². The van der Waals surface area contributed by atoms with E-state index in [2.05, 4.69) is 24.3 Å². The van der Waals surface area contributed by atoms with Crippen LogP contribution in [0.25, 0.3) is 0 Å². The SMILES string of the molecule is CSc1ccc(CN(C)C(=O)C(C)(C)CCl)cc1. The molecule has 0 atom stereocenters. The fraction of sp³-hybridized carbons (Fsp3) is 0.500. The third kappa shape index (κ3) is 3.92. The van der Waals surface area contributed by atoms with Gasteiger partial charge in [0.15, 0.2) is 0 Å². The van der Waals surface area contributed by atoms with Gasteiger partial charge in [0.05, 0.1) is 5.41 Å². The van der Waals surface area contributed by atoms with Crippen molar-refractivity contribution in [3.63, 3.8) is 0 Å². The van der Waals surface area contributed by atoms with Crippen LogP contribution in [0.15, 0.2) is 29.2 Å². The molecule has 0 unspecified atom stereocenters. The van der Waals surface area contributed by atoms with E-state index in [1.54, 1.807) is 16.7 Å². The average molecular weight is 286 g/mol. The van der Waals surface area contributed by atoms with Gasteiger partial charge in [-0.05, 0) is 37.8 Å². The van der Waals surface area contributed by atoms with E-state index < -0.39 is 5.41 Å². The van der Waals surface area contributed by atoms with Crippen molar-refractivity contribution >= 4 is 29.3 Å². The van der Waals surface area contributed by atoms with Crippen LogP contribution in [0, 0.1) is 5.41 Å². The van der Waals surface area contributed by atoms with E-state index in [4.69, 9.17) is 11.6 Å². The predicted octanol–water partition coefficient (Wildman–Crippen LogP) is 3.63. The first-order valence-electron chi connectivity index (χ1n) is 5.85. The Morgan fingerprint density at radius 1 is 1.33 bits per heavy atom. The Morgan fingerprint density at radius 2 is 1.89 bits per heavy atom. The number of amides is 1. The van der Waals surface area contributed by atoms with Crippen LogP contribution >= 0.6 is 23.4 Å². The molecule has 1 amide bonds. The maximum atomic E-state index is 12.2. The first-order valence-corrected chi connectivity index (χ1v) is 7.61. The zero-order chi connectivity index (χ0) is 13.8. The molecule has 1 aromatic rings. The maximum Gasteiger partial charge on any atom is 0.229 e. The summed E-state index contributed by atoms with van der Waals surface area (Å²) in [6.07, 6.45) is 2.05. The molecule has 0 fully saturated rings. The van der Waals surface area contributed by atoms with Crippen molar-refractivity contribution in [3.8, 4) is 0 Å². The van der Waals surface area contributed by atoms with Crippen molar-refractivity contribution < 1.29 is 4.79 Å². The molecule has 0 aliphatic carbocycles. The van der Waals surface area contributed by atoms with Gasteiger partial charge in [0, 0.05) is 24.4 Å². The minimum atomic E-state index is -0.504. The zero-order valence-electron chi connectivity index (χ0n) is 11.4. The summed E-state index contributed by atoms with van der Waals surface area (Å²) < 4.78 is 0. The van der Waals surface area contributed by atoms with Crippen LogP contribution in [-0.2, 0) is 11.3 Å². The molecule has 0 radical (unpaired) electrons. The van der Waals surface area contributed by atoms with Gasteiger partial charge in [0.2, 0.25) is 5.91 Å². The van der Waals surface area contributed by atoms with Crippen LogP contribution in [0.4, 0.5) is 0 Å². The molecular weight excluding hydrogens is 266 g/mol. The average Bonchev–Trinajstić information content (AvgIpc) is 2.38. The zero-order valence-corrected chi connectivity index (χ0v) is 12.9. The second-order valence-corrected chi connectivity index (χ2v) is 6.17. The van der Waals surface area contributed by atoms with Crippen LogP contribution in [-0.4, -0.2) is 30.0 Å². The molecule has 0 heterocycles. The third-order valence-corrected chi connectivity index (χ3v) is 4.25. The lowest BCUT2D eigenvalue weighted by atomic mass is 9.94. The van der Waals surface area contributed by atoms with E-state index in [9.17, 15) is 4.79 Å². The number of thioether (sulfide) groups is 1. The molecule has 0 aromatic heterocycles.